The van der Waals surface area contributed by atoms with Crippen LogP contribution in [0.15, 0.2) is 101 Å². The molecule has 0 fully saturated rings. The highest BCUT2D eigenvalue weighted by atomic mass is 32.2. The number of nitrogens with one attached hydrogen (secondary N) is 1. The van der Waals surface area contributed by atoms with Crippen molar-refractivity contribution in [2.45, 2.75) is 9.92 Å². The van der Waals surface area contributed by atoms with Gasteiger partial charge in [-0.3, -0.25) is 0 Å². The third kappa shape index (κ3) is 3.67. The summed E-state index contributed by atoms with van der Waals surface area (Å²) in [6.07, 6.45) is 1.61. The first kappa shape index (κ1) is 18.5. The third-order valence-corrected chi connectivity index (χ3v) is 5.97. The van der Waals surface area contributed by atoms with Crippen molar-refractivity contribution in [1.29, 1.82) is 0 Å². The summed E-state index contributed by atoms with van der Waals surface area (Å²) in [5, 5.41) is 1.94. The summed E-state index contributed by atoms with van der Waals surface area (Å²) in [5.41, 5.74) is 5.29. The largest absolute Gasteiger partial charge is 0.497 e. The van der Waals surface area contributed by atoms with E-state index in [9.17, 15) is 0 Å². The van der Waals surface area contributed by atoms with Crippen LogP contribution in [-0.2, 0) is 0 Å². The Balaban J connectivity index is 1.45. The molecule has 2 heterocycles. The Hall–Kier alpha value is -3.57. The Morgan fingerprint density at radius 2 is 1.53 bits per heavy atom. The van der Waals surface area contributed by atoms with Crippen LogP contribution in [0.1, 0.15) is 0 Å². The minimum absolute atomic E-state index is 0.824. The van der Waals surface area contributed by atoms with Gasteiger partial charge in [0.15, 0.2) is 0 Å². The van der Waals surface area contributed by atoms with Gasteiger partial charge in [-0.05, 0) is 41.5 Å². The molecule has 0 bridgehead atoms. The Morgan fingerprint density at radius 3 is 2.33 bits per heavy atom. The second kappa shape index (κ2) is 8.05. The van der Waals surface area contributed by atoms with Gasteiger partial charge in [-0.25, -0.2) is 9.97 Å². The number of fused-ring (bicyclic) bond motifs is 1. The van der Waals surface area contributed by atoms with Gasteiger partial charge in [-0.2, -0.15) is 0 Å². The number of hydrogen-bond donors (Lipinski definition) is 1. The lowest BCUT2D eigenvalue weighted by atomic mass is 10.1. The predicted octanol–water partition coefficient (Wildman–Crippen LogP) is 6.45. The van der Waals surface area contributed by atoms with Gasteiger partial charge in [0.2, 0.25) is 0 Å². The van der Waals surface area contributed by atoms with Crippen LogP contribution >= 0.6 is 11.8 Å². The van der Waals surface area contributed by atoms with Crippen molar-refractivity contribution in [2.75, 3.05) is 7.11 Å². The fraction of sp³-hybridized carbons (Fsp3) is 0.0400. The first-order chi connectivity index (χ1) is 14.8. The standard InChI is InChI=1S/C25H19N3OS/c1-29-20-9-5-8-19(14-20)23-15-22-24(28-23)26-16-27-25(22)30-21-12-10-18(11-13-21)17-6-3-2-4-7-17/h2-16H,1H3,(H,26,27,28). The van der Waals surface area contributed by atoms with Crippen LogP contribution in [-0.4, -0.2) is 22.1 Å². The molecule has 30 heavy (non-hydrogen) atoms. The van der Waals surface area contributed by atoms with E-state index in [1.54, 1.807) is 25.2 Å². The number of nitrogens with zero attached hydrogens (tertiary/aromatic N) is 2. The molecule has 5 heteroatoms. The van der Waals surface area contributed by atoms with Crippen LogP contribution in [0.3, 0.4) is 0 Å². The normalized spacial score (nSPS) is 11.0. The summed E-state index contributed by atoms with van der Waals surface area (Å²) in [6, 6.07) is 29.0. The number of benzene rings is 3. The van der Waals surface area contributed by atoms with Crippen molar-refractivity contribution in [3.8, 4) is 28.1 Å². The second-order valence-corrected chi connectivity index (χ2v) is 7.91. The number of ether oxygens (including phenoxy) is 1. The zero-order valence-electron chi connectivity index (χ0n) is 16.4. The van der Waals surface area contributed by atoms with Gasteiger partial charge in [-0.1, -0.05) is 66.4 Å². The molecule has 2 aromatic heterocycles. The highest BCUT2D eigenvalue weighted by Crippen LogP contribution is 2.34. The predicted molar refractivity (Wildman–Crippen MR) is 122 cm³/mol. The molecule has 4 nitrogen and oxygen atoms in total. The van der Waals surface area contributed by atoms with Crippen LogP contribution in [0.5, 0.6) is 5.75 Å². The fourth-order valence-electron chi connectivity index (χ4n) is 3.40. The summed E-state index contributed by atoms with van der Waals surface area (Å²) in [7, 11) is 1.67. The summed E-state index contributed by atoms with van der Waals surface area (Å²) in [5.74, 6) is 0.824. The van der Waals surface area contributed by atoms with Gasteiger partial charge < -0.3 is 9.72 Å². The van der Waals surface area contributed by atoms with Gasteiger partial charge >= 0.3 is 0 Å². The molecular weight excluding hydrogens is 390 g/mol. The van der Waals surface area contributed by atoms with E-state index in [4.69, 9.17) is 4.74 Å². The van der Waals surface area contributed by atoms with Gasteiger partial charge in [0.05, 0.1) is 12.5 Å². The highest BCUT2D eigenvalue weighted by molar-refractivity contribution is 7.99. The maximum Gasteiger partial charge on any atom is 0.142 e. The molecule has 0 atom stereocenters. The number of hydrogen-bond acceptors (Lipinski definition) is 4. The Labute approximate surface area is 179 Å². The van der Waals surface area contributed by atoms with E-state index in [-0.39, 0.29) is 0 Å². The van der Waals surface area contributed by atoms with E-state index < -0.39 is 0 Å². The van der Waals surface area contributed by atoms with E-state index in [2.05, 4.69) is 75.6 Å². The molecule has 0 radical (unpaired) electrons. The smallest absolute Gasteiger partial charge is 0.142 e. The van der Waals surface area contributed by atoms with E-state index in [1.807, 2.05) is 24.3 Å². The summed E-state index contributed by atoms with van der Waals surface area (Å²) in [6.45, 7) is 0. The highest BCUT2D eigenvalue weighted by Gasteiger charge is 2.11. The second-order valence-electron chi connectivity index (χ2n) is 6.85. The van der Waals surface area contributed by atoms with Crippen molar-refractivity contribution < 1.29 is 4.74 Å². The quantitative estimate of drug-likeness (QED) is 0.339. The zero-order chi connectivity index (χ0) is 20.3. The van der Waals surface area contributed by atoms with Crippen LogP contribution in [0.25, 0.3) is 33.4 Å². The number of aromatic nitrogens is 3. The van der Waals surface area contributed by atoms with Crippen molar-refractivity contribution >= 4 is 22.8 Å². The monoisotopic (exact) mass is 409 g/mol. The lowest BCUT2D eigenvalue weighted by molar-refractivity contribution is 0.415. The molecule has 0 saturated heterocycles. The summed E-state index contributed by atoms with van der Waals surface area (Å²) < 4.78 is 5.35. The SMILES string of the molecule is COc1cccc(-c2cc3c(Sc4ccc(-c5ccccc5)cc4)ncnc3[nH]2)c1. The maximum atomic E-state index is 5.35. The molecule has 1 N–H and O–H groups in total. The fourth-order valence-corrected chi connectivity index (χ4v) is 4.26. The number of aromatic amines is 1. The first-order valence-corrected chi connectivity index (χ1v) is 10.4. The van der Waals surface area contributed by atoms with E-state index >= 15 is 0 Å². The van der Waals surface area contributed by atoms with Gasteiger partial charge in [0.1, 0.15) is 22.7 Å². The molecule has 3 aromatic carbocycles. The topological polar surface area (TPSA) is 50.8 Å². The number of methoxy groups -OCH3 is 1. The van der Waals surface area contributed by atoms with Crippen molar-refractivity contribution in [1.82, 2.24) is 15.0 Å². The van der Waals surface area contributed by atoms with Gasteiger partial charge in [0.25, 0.3) is 0 Å². The number of H-pyrrole nitrogens is 1. The van der Waals surface area contributed by atoms with E-state index in [0.717, 1.165) is 38.0 Å². The molecule has 5 aromatic rings. The van der Waals surface area contributed by atoms with Crippen molar-refractivity contribution in [3.63, 3.8) is 0 Å². The summed E-state index contributed by atoms with van der Waals surface area (Å²) >= 11 is 1.64. The molecular formula is C25H19N3OS. The molecule has 0 unspecified atom stereocenters. The van der Waals surface area contributed by atoms with Crippen LogP contribution in [0.4, 0.5) is 0 Å². The molecule has 146 valence electrons. The van der Waals surface area contributed by atoms with Crippen LogP contribution in [0.2, 0.25) is 0 Å². The maximum absolute atomic E-state index is 5.35. The van der Waals surface area contributed by atoms with Crippen LogP contribution in [0, 0.1) is 0 Å². The average Bonchev–Trinajstić information content (AvgIpc) is 3.26. The molecule has 0 amide bonds. The zero-order valence-corrected chi connectivity index (χ0v) is 17.2. The molecule has 0 aliphatic carbocycles. The summed E-state index contributed by atoms with van der Waals surface area (Å²) in [4.78, 5) is 13.5. The molecule has 0 aliphatic rings. The Kier molecular flexibility index (Phi) is 4.95. The lowest BCUT2D eigenvalue weighted by Gasteiger charge is -2.05. The number of rotatable bonds is 5. The van der Waals surface area contributed by atoms with Crippen molar-refractivity contribution in [3.05, 3.63) is 91.3 Å². The Bertz CT molecular complexity index is 1300. The van der Waals surface area contributed by atoms with Crippen LogP contribution < -0.4 is 4.74 Å². The molecule has 0 spiro atoms. The average molecular weight is 410 g/mol. The van der Waals surface area contributed by atoms with E-state index in [1.165, 1.54) is 11.1 Å². The Morgan fingerprint density at radius 1 is 0.767 bits per heavy atom. The van der Waals surface area contributed by atoms with Crippen molar-refractivity contribution in [2.24, 2.45) is 0 Å². The third-order valence-electron chi connectivity index (χ3n) is 4.95. The molecule has 0 aliphatic heterocycles. The lowest BCUT2D eigenvalue weighted by Crippen LogP contribution is -1.85. The molecule has 0 saturated carbocycles. The first-order valence-electron chi connectivity index (χ1n) is 9.62. The van der Waals surface area contributed by atoms with Gasteiger partial charge in [-0.15, -0.1) is 0 Å². The minimum Gasteiger partial charge on any atom is -0.497 e. The van der Waals surface area contributed by atoms with Gasteiger partial charge in [0, 0.05) is 16.2 Å². The molecule has 5 rings (SSSR count). The minimum atomic E-state index is 0.824. The van der Waals surface area contributed by atoms with E-state index in [0.29, 0.717) is 0 Å².